The first-order chi connectivity index (χ1) is 10.1. The Morgan fingerprint density at radius 1 is 1.48 bits per heavy atom. The monoisotopic (exact) mass is 288 g/mol. The van der Waals surface area contributed by atoms with Gasteiger partial charge in [0.2, 0.25) is 0 Å². The Morgan fingerprint density at radius 2 is 2.29 bits per heavy atom. The molecule has 0 saturated carbocycles. The molecule has 0 fully saturated rings. The number of nitrogens with one attached hydrogen (secondary N) is 1. The summed E-state index contributed by atoms with van der Waals surface area (Å²) in [7, 11) is 0. The molecule has 112 valence electrons. The maximum Gasteiger partial charge on any atom is 0.251 e. The average Bonchev–Trinajstić information content (AvgIpc) is 2.98. The zero-order valence-electron chi connectivity index (χ0n) is 12.3. The van der Waals surface area contributed by atoms with Gasteiger partial charge in [0.15, 0.2) is 0 Å². The first-order valence-corrected chi connectivity index (χ1v) is 6.99. The van der Waals surface area contributed by atoms with Crippen LogP contribution in [0.5, 0.6) is 0 Å². The van der Waals surface area contributed by atoms with Crippen LogP contribution in [0.15, 0.2) is 30.9 Å². The van der Waals surface area contributed by atoms with Gasteiger partial charge in [-0.15, -0.1) is 0 Å². The number of aliphatic hydroxyl groups is 1. The van der Waals surface area contributed by atoms with Crippen LogP contribution >= 0.6 is 0 Å². The fourth-order valence-corrected chi connectivity index (χ4v) is 2.16. The van der Waals surface area contributed by atoms with Gasteiger partial charge in [-0.1, -0.05) is 0 Å². The predicted octanol–water partition coefficient (Wildman–Crippen LogP) is 1.47. The topological polar surface area (TPSA) is 80.0 Å². The smallest absolute Gasteiger partial charge is 0.251 e. The van der Waals surface area contributed by atoms with Crippen LogP contribution in [0.4, 0.5) is 0 Å². The summed E-state index contributed by atoms with van der Waals surface area (Å²) in [5.74, 6) is -0.103. The van der Waals surface area contributed by atoms with Crippen molar-refractivity contribution >= 4 is 5.91 Å². The number of aromatic nitrogens is 3. The second kappa shape index (κ2) is 6.99. The third-order valence-corrected chi connectivity index (χ3v) is 3.30. The van der Waals surface area contributed by atoms with Crippen LogP contribution in [0, 0.1) is 6.92 Å². The van der Waals surface area contributed by atoms with Crippen molar-refractivity contribution in [2.45, 2.75) is 32.7 Å². The fraction of sp³-hybridized carbons (Fsp3) is 0.400. The first-order valence-electron chi connectivity index (χ1n) is 6.99. The lowest BCUT2D eigenvalue weighted by molar-refractivity contribution is 0.0936. The highest BCUT2D eigenvalue weighted by molar-refractivity contribution is 5.94. The van der Waals surface area contributed by atoms with E-state index in [2.05, 4.69) is 15.4 Å². The minimum Gasteiger partial charge on any atom is -0.396 e. The molecule has 0 aliphatic carbocycles. The van der Waals surface area contributed by atoms with Crippen LogP contribution in [0.25, 0.3) is 5.69 Å². The van der Waals surface area contributed by atoms with Crippen LogP contribution in [0.1, 0.15) is 35.7 Å². The van der Waals surface area contributed by atoms with Crippen molar-refractivity contribution in [1.82, 2.24) is 20.1 Å². The molecule has 0 bridgehead atoms. The Balaban J connectivity index is 2.07. The zero-order chi connectivity index (χ0) is 15.2. The van der Waals surface area contributed by atoms with Gasteiger partial charge >= 0.3 is 0 Å². The van der Waals surface area contributed by atoms with Gasteiger partial charge in [-0.2, -0.15) is 5.10 Å². The Kier molecular flexibility index (Phi) is 5.05. The van der Waals surface area contributed by atoms with Gasteiger partial charge in [0, 0.05) is 18.2 Å². The lowest BCUT2D eigenvalue weighted by Crippen LogP contribution is -2.32. The largest absolute Gasteiger partial charge is 0.396 e. The van der Waals surface area contributed by atoms with Gasteiger partial charge in [0.1, 0.15) is 12.7 Å². The molecule has 0 spiro atoms. The molecule has 0 aliphatic heterocycles. The molecule has 0 saturated heterocycles. The fourth-order valence-electron chi connectivity index (χ4n) is 2.16. The minimum atomic E-state index is -0.103. The SMILES string of the molecule is Cc1cc(C(=O)NC(C)CCCO)ccc1-n1cncn1. The van der Waals surface area contributed by atoms with E-state index in [-0.39, 0.29) is 18.6 Å². The van der Waals surface area contributed by atoms with E-state index in [4.69, 9.17) is 5.11 Å². The van der Waals surface area contributed by atoms with Gasteiger partial charge in [0.05, 0.1) is 5.69 Å². The van der Waals surface area contributed by atoms with Crippen LogP contribution in [-0.4, -0.2) is 38.4 Å². The molecule has 1 atom stereocenters. The van der Waals surface area contributed by atoms with E-state index in [0.717, 1.165) is 17.7 Å². The molecule has 6 nitrogen and oxygen atoms in total. The lowest BCUT2D eigenvalue weighted by Gasteiger charge is -2.14. The van der Waals surface area contributed by atoms with Crippen molar-refractivity contribution in [3.05, 3.63) is 42.0 Å². The summed E-state index contributed by atoms with van der Waals surface area (Å²) in [6.07, 6.45) is 4.55. The Labute approximate surface area is 123 Å². The molecule has 1 heterocycles. The minimum absolute atomic E-state index is 0.0416. The number of hydrogen-bond acceptors (Lipinski definition) is 4. The van der Waals surface area contributed by atoms with Crippen LogP contribution in [-0.2, 0) is 0 Å². The molecule has 2 rings (SSSR count). The third-order valence-electron chi connectivity index (χ3n) is 3.30. The van der Waals surface area contributed by atoms with Crippen molar-refractivity contribution in [1.29, 1.82) is 0 Å². The molecule has 1 aromatic heterocycles. The highest BCUT2D eigenvalue weighted by Gasteiger charge is 2.11. The molecule has 1 amide bonds. The molecule has 1 aromatic carbocycles. The molecule has 21 heavy (non-hydrogen) atoms. The Morgan fingerprint density at radius 3 is 2.90 bits per heavy atom. The zero-order valence-corrected chi connectivity index (χ0v) is 12.3. The number of benzene rings is 1. The number of rotatable bonds is 6. The molecule has 0 aliphatic rings. The Bertz CT molecular complexity index is 596. The van der Waals surface area contributed by atoms with E-state index >= 15 is 0 Å². The number of aryl methyl sites for hydroxylation is 1. The summed E-state index contributed by atoms with van der Waals surface area (Å²) < 4.78 is 1.67. The quantitative estimate of drug-likeness (QED) is 0.843. The molecule has 2 aromatic rings. The van der Waals surface area contributed by atoms with Crippen molar-refractivity contribution in [2.24, 2.45) is 0 Å². The van der Waals surface area contributed by atoms with E-state index in [1.807, 2.05) is 26.0 Å². The van der Waals surface area contributed by atoms with Crippen molar-refractivity contribution in [3.63, 3.8) is 0 Å². The highest BCUT2D eigenvalue weighted by Crippen LogP contribution is 2.15. The summed E-state index contributed by atoms with van der Waals surface area (Å²) in [6, 6.07) is 5.51. The third kappa shape index (κ3) is 3.88. The highest BCUT2D eigenvalue weighted by atomic mass is 16.3. The lowest BCUT2D eigenvalue weighted by atomic mass is 10.1. The molecule has 1 unspecified atom stereocenters. The number of amides is 1. The van der Waals surface area contributed by atoms with E-state index in [0.29, 0.717) is 12.0 Å². The number of carbonyl (C=O) groups is 1. The van der Waals surface area contributed by atoms with Gasteiger partial charge in [-0.05, 0) is 50.5 Å². The second-order valence-corrected chi connectivity index (χ2v) is 5.08. The van der Waals surface area contributed by atoms with Crippen LogP contribution in [0.2, 0.25) is 0 Å². The normalized spacial score (nSPS) is 12.1. The number of aliphatic hydroxyl groups excluding tert-OH is 1. The van der Waals surface area contributed by atoms with Crippen LogP contribution in [0.3, 0.4) is 0 Å². The maximum atomic E-state index is 12.2. The average molecular weight is 288 g/mol. The number of nitrogens with zero attached hydrogens (tertiary/aromatic N) is 3. The van der Waals surface area contributed by atoms with Crippen LogP contribution < -0.4 is 5.32 Å². The summed E-state index contributed by atoms with van der Waals surface area (Å²) in [6.45, 7) is 4.01. The maximum absolute atomic E-state index is 12.2. The summed E-state index contributed by atoms with van der Waals surface area (Å²) in [5, 5.41) is 15.8. The summed E-state index contributed by atoms with van der Waals surface area (Å²) >= 11 is 0. The van der Waals surface area contributed by atoms with E-state index in [9.17, 15) is 4.79 Å². The molecular formula is C15H20N4O2. The van der Waals surface area contributed by atoms with E-state index in [1.165, 1.54) is 6.33 Å². The van der Waals surface area contributed by atoms with Gasteiger partial charge in [-0.3, -0.25) is 4.79 Å². The first kappa shape index (κ1) is 15.2. The van der Waals surface area contributed by atoms with E-state index < -0.39 is 0 Å². The molecule has 6 heteroatoms. The van der Waals surface area contributed by atoms with Gasteiger partial charge in [-0.25, -0.2) is 9.67 Å². The van der Waals surface area contributed by atoms with Gasteiger partial charge in [0.25, 0.3) is 5.91 Å². The standard InChI is InChI=1S/C15H20N4O2/c1-11-8-13(15(21)18-12(2)4-3-7-20)5-6-14(11)19-10-16-9-17-19/h5-6,8-10,12,20H,3-4,7H2,1-2H3,(H,18,21). The van der Waals surface area contributed by atoms with Gasteiger partial charge < -0.3 is 10.4 Å². The Hall–Kier alpha value is -2.21. The van der Waals surface area contributed by atoms with E-state index in [1.54, 1.807) is 17.1 Å². The molecule has 2 N–H and O–H groups in total. The summed E-state index contributed by atoms with van der Waals surface area (Å²) in [5.41, 5.74) is 2.47. The van der Waals surface area contributed by atoms with Crippen molar-refractivity contribution in [2.75, 3.05) is 6.61 Å². The van der Waals surface area contributed by atoms with Crippen molar-refractivity contribution in [3.8, 4) is 5.69 Å². The van der Waals surface area contributed by atoms with Crippen molar-refractivity contribution < 1.29 is 9.90 Å². The summed E-state index contributed by atoms with van der Waals surface area (Å²) in [4.78, 5) is 16.1. The number of hydrogen-bond donors (Lipinski definition) is 2. The second-order valence-electron chi connectivity index (χ2n) is 5.08. The predicted molar refractivity (Wildman–Crippen MR) is 79.3 cm³/mol. The number of carbonyl (C=O) groups excluding carboxylic acids is 1. The molecular weight excluding hydrogens is 268 g/mol. The molecule has 0 radical (unpaired) electrons.